The molecular weight excluding hydrogens is 233 g/mol. The zero-order valence-electron chi connectivity index (χ0n) is 8.50. The summed E-state index contributed by atoms with van der Waals surface area (Å²) in [4.78, 5) is 6.23. The van der Waals surface area contributed by atoms with E-state index in [0.29, 0.717) is 16.3 Å². The first-order valence-corrected chi connectivity index (χ1v) is 5.73. The molecule has 2 heterocycles. The predicted molar refractivity (Wildman–Crippen MR) is 63.9 cm³/mol. The summed E-state index contributed by atoms with van der Waals surface area (Å²) in [6.45, 7) is 5.12. The highest BCUT2D eigenvalue weighted by atomic mass is 35.5. The van der Waals surface area contributed by atoms with Crippen LogP contribution in [0.2, 0.25) is 10.3 Å². The Bertz CT molecular complexity index is 336. The summed E-state index contributed by atoms with van der Waals surface area (Å²) in [5.41, 5.74) is 1.05. The summed E-state index contributed by atoms with van der Waals surface area (Å²) in [6, 6.07) is 4.16. The van der Waals surface area contributed by atoms with E-state index >= 15 is 0 Å². The minimum absolute atomic E-state index is 0.447. The number of piperazine rings is 1. The first-order chi connectivity index (χ1) is 7.16. The van der Waals surface area contributed by atoms with Crippen molar-refractivity contribution in [1.82, 2.24) is 10.3 Å². The summed E-state index contributed by atoms with van der Waals surface area (Å²) in [5, 5.41) is 4.24. The Hall–Kier alpha value is -0.510. The lowest BCUT2D eigenvalue weighted by molar-refractivity contribution is 0.501. The van der Waals surface area contributed by atoms with Crippen LogP contribution in [0.15, 0.2) is 12.1 Å². The van der Waals surface area contributed by atoms with E-state index < -0.39 is 0 Å². The molecule has 1 fully saturated rings. The van der Waals surface area contributed by atoms with E-state index in [9.17, 15) is 0 Å². The maximum absolute atomic E-state index is 5.88. The number of pyridine rings is 1. The number of hydrogen-bond acceptors (Lipinski definition) is 3. The zero-order chi connectivity index (χ0) is 10.8. The van der Waals surface area contributed by atoms with Gasteiger partial charge >= 0.3 is 0 Å². The highest BCUT2D eigenvalue weighted by molar-refractivity contribution is 6.32. The second kappa shape index (κ2) is 4.56. The fourth-order valence-electron chi connectivity index (χ4n) is 1.84. The van der Waals surface area contributed by atoms with E-state index in [0.717, 1.165) is 25.3 Å². The highest BCUT2D eigenvalue weighted by Crippen LogP contribution is 2.24. The van der Waals surface area contributed by atoms with Crippen molar-refractivity contribution in [3.63, 3.8) is 0 Å². The van der Waals surface area contributed by atoms with Gasteiger partial charge in [-0.15, -0.1) is 0 Å². The van der Waals surface area contributed by atoms with Crippen molar-refractivity contribution in [3.05, 3.63) is 22.4 Å². The van der Waals surface area contributed by atoms with Gasteiger partial charge in [0.15, 0.2) is 0 Å². The maximum atomic E-state index is 5.88. The monoisotopic (exact) mass is 245 g/mol. The molecule has 5 heteroatoms. The van der Waals surface area contributed by atoms with Crippen molar-refractivity contribution in [2.24, 2.45) is 0 Å². The van der Waals surface area contributed by atoms with E-state index in [2.05, 4.69) is 22.1 Å². The average Bonchev–Trinajstić information content (AvgIpc) is 2.16. The Morgan fingerprint density at radius 3 is 2.67 bits per heavy atom. The van der Waals surface area contributed by atoms with E-state index in [-0.39, 0.29) is 0 Å². The van der Waals surface area contributed by atoms with E-state index in [4.69, 9.17) is 23.2 Å². The Balaban J connectivity index is 2.27. The standard InChI is InChI=1S/C10H13Cl2N3/c1-7-6-13-2-3-15(7)8-4-9(11)14-10(12)5-8/h4-5,7,13H,2-3,6H2,1H3/t7-/m0/s1. The highest BCUT2D eigenvalue weighted by Gasteiger charge is 2.18. The summed E-state index contributed by atoms with van der Waals surface area (Å²) in [7, 11) is 0. The van der Waals surface area contributed by atoms with Crippen molar-refractivity contribution in [2.75, 3.05) is 24.5 Å². The number of halogens is 2. The molecule has 1 aromatic heterocycles. The number of aromatic nitrogens is 1. The molecule has 1 aromatic rings. The fraction of sp³-hybridized carbons (Fsp3) is 0.500. The third-order valence-electron chi connectivity index (χ3n) is 2.58. The van der Waals surface area contributed by atoms with Crippen LogP contribution in [-0.4, -0.2) is 30.7 Å². The molecule has 0 saturated carbocycles. The maximum Gasteiger partial charge on any atom is 0.132 e. The molecule has 82 valence electrons. The average molecular weight is 246 g/mol. The lowest BCUT2D eigenvalue weighted by Gasteiger charge is -2.35. The topological polar surface area (TPSA) is 28.2 Å². The van der Waals surface area contributed by atoms with E-state index in [1.807, 2.05) is 12.1 Å². The molecule has 0 spiro atoms. The number of hydrogen-bond donors (Lipinski definition) is 1. The van der Waals surface area contributed by atoms with Gasteiger partial charge in [0, 0.05) is 31.4 Å². The van der Waals surface area contributed by atoms with Gasteiger partial charge in [-0.2, -0.15) is 0 Å². The molecule has 0 amide bonds. The normalized spacial score (nSPS) is 21.8. The quantitative estimate of drug-likeness (QED) is 0.770. The summed E-state index contributed by atoms with van der Waals surface area (Å²) >= 11 is 11.8. The zero-order valence-corrected chi connectivity index (χ0v) is 10.0. The van der Waals surface area contributed by atoms with Crippen molar-refractivity contribution >= 4 is 28.9 Å². The van der Waals surface area contributed by atoms with Crippen LogP contribution in [0.5, 0.6) is 0 Å². The molecule has 0 radical (unpaired) electrons. The first kappa shape index (κ1) is 11.0. The number of nitrogens with one attached hydrogen (secondary N) is 1. The van der Waals surface area contributed by atoms with Crippen LogP contribution in [0.4, 0.5) is 5.69 Å². The molecule has 1 atom stereocenters. The Kier molecular flexibility index (Phi) is 3.34. The van der Waals surface area contributed by atoms with Crippen LogP contribution in [0, 0.1) is 0 Å². The van der Waals surface area contributed by atoms with Crippen molar-refractivity contribution < 1.29 is 0 Å². The molecule has 1 N–H and O–H groups in total. The number of anilines is 1. The van der Waals surface area contributed by atoms with Gasteiger partial charge < -0.3 is 10.2 Å². The molecule has 0 aliphatic carbocycles. The van der Waals surface area contributed by atoms with Gasteiger partial charge in [0.25, 0.3) is 0 Å². The molecule has 3 nitrogen and oxygen atoms in total. The van der Waals surface area contributed by atoms with Gasteiger partial charge in [-0.25, -0.2) is 4.98 Å². The van der Waals surface area contributed by atoms with Gasteiger partial charge in [0.1, 0.15) is 10.3 Å². The lowest BCUT2D eigenvalue weighted by atomic mass is 10.2. The second-order valence-electron chi connectivity index (χ2n) is 3.72. The molecule has 0 bridgehead atoms. The smallest absolute Gasteiger partial charge is 0.132 e. The molecule has 1 saturated heterocycles. The summed E-state index contributed by atoms with van der Waals surface area (Å²) < 4.78 is 0. The van der Waals surface area contributed by atoms with Crippen LogP contribution < -0.4 is 10.2 Å². The third-order valence-corrected chi connectivity index (χ3v) is 2.97. The van der Waals surface area contributed by atoms with E-state index in [1.165, 1.54) is 0 Å². The minimum atomic E-state index is 0.447. The number of nitrogens with zero attached hydrogens (tertiary/aromatic N) is 2. The molecule has 1 aliphatic heterocycles. The van der Waals surface area contributed by atoms with Crippen LogP contribution in [0.25, 0.3) is 0 Å². The van der Waals surface area contributed by atoms with Gasteiger partial charge in [-0.1, -0.05) is 23.2 Å². The van der Waals surface area contributed by atoms with Crippen LogP contribution in [-0.2, 0) is 0 Å². The minimum Gasteiger partial charge on any atom is -0.366 e. The third kappa shape index (κ3) is 2.54. The number of rotatable bonds is 1. The molecule has 0 unspecified atom stereocenters. The van der Waals surface area contributed by atoms with Crippen molar-refractivity contribution in [3.8, 4) is 0 Å². The van der Waals surface area contributed by atoms with E-state index in [1.54, 1.807) is 0 Å². The van der Waals surface area contributed by atoms with Gasteiger partial charge in [-0.3, -0.25) is 0 Å². The fourth-order valence-corrected chi connectivity index (χ4v) is 2.29. The first-order valence-electron chi connectivity index (χ1n) is 4.97. The van der Waals surface area contributed by atoms with Crippen molar-refractivity contribution in [2.45, 2.75) is 13.0 Å². The van der Waals surface area contributed by atoms with Gasteiger partial charge in [0.2, 0.25) is 0 Å². The van der Waals surface area contributed by atoms with Crippen LogP contribution in [0.3, 0.4) is 0 Å². The predicted octanol–water partition coefficient (Wildman–Crippen LogP) is 2.19. The summed E-state index contributed by atoms with van der Waals surface area (Å²) in [5.74, 6) is 0. The van der Waals surface area contributed by atoms with Crippen LogP contribution >= 0.6 is 23.2 Å². The van der Waals surface area contributed by atoms with Crippen molar-refractivity contribution in [1.29, 1.82) is 0 Å². The second-order valence-corrected chi connectivity index (χ2v) is 4.49. The Morgan fingerprint density at radius 2 is 2.07 bits per heavy atom. The molecule has 0 aromatic carbocycles. The van der Waals surface area contributed by atoms with Gasteiger partial charge in [0.05, 0.1) is 0 Å². The molecule has 15 heavy (non-hydrogen) atoms. The molecule has 2 rings (SSSR count). The largest absolute Gasteiger partial charge is 0.366 e. The summed E-state index contributed by atoms with van der Waals surface area (Å²) in [6.07, 6.45) is 0. The van der Waals surface area contributed by atoms with Crippen LogP contribution in [0.1, 0.15) is 6.92 Å². The lowest BCUT2D eigenvalue weighted by Crippen LogP contribution is -2.49. The Morgan fingerprint density at radius 1 is 1.40 bits per heavy atom. The van der Waals surface area contributed by atoms with Gasteiger partial charge in [-0.05, 0) is 19.1 Å². The molecule has 1 aliphatic rings. The molecular formula is C10H13Cl2N3. The Labute approximate surface area is 99.4 Å². The SMILES string of the molecule is C[C@H]1CNCCN1c1cc(Cl)nc(Cl)c1.